The Morgan fingerprint density at radius 1 is 1.15 bits per heavy atom. The van der Waals surface area contributed by atoms with Crippen LogP contribution in [0.3, 0.4) is 0 Å². The lowest BCUT2D eigenvalue weighted by Gasteiger charge is -2.16. The second kappa shape index (κ2) is 10.2. The summed E-state index contributed by atoms with van der Waals surface area (Å²) >= 11 is 0. The molecule has 0 radical (unpaired) electrons. The molecular formula is C24H26N4O5. The number of benzene rings is 2. The van der Waals surface area contributed by atoms with Crippen LogP contribution >= 0.6 is 0 Å². The van der Waals surface area contributed by atoms with Crippen LogP contribution in [0.2, 0.25) is 0 Å². The molecule has 4 rings (SSSR count). The third-order valence-corrected chi connectivity index (χ3v) is 5.62. The van der Waals surface area contributed by atoms with Crippen LogP contribution in [0.25, 0.3) is 0 Å². The maximum atomic E-state index is 12.5. The maximum Gasteiger partial charge on any atom is 0.251 e. The quantitative estimate of drug-likeness (QED) is 0.534. The van der Waals surface area contributed by atoms with E-state index in [1.54, 1.807) is 38.5 Å². The monoisotopic (exact) mass is 450 g/mol. The molecule has 9 heteroatoms. The van der Waals surface area contributed by atoms with E-state index < -0.39 is 0 Å². The highest BCUT2D eigenvalue weighted by atomic mass is 16.5. The van der Waals surface area contributed by atoms with Gasteiger partial charge in [-0.1, -0.05) is 29.4 Å². The zero-order chi connectivity index (χ0) is 23.2. The lowest BCUT2D eigenvalue weighted by atomic mass is 10.1. The Hall–Kier alpha value is -3.88. The number of nitrogens with zero attached hydrogens (tertiary/aromatic N) is 3. The third-order valence-electron chi connectivity index (χ3n) is 5.62. The SMILES string of the molecule is COc1ccc(CCN2CC(c3noc(CNC(=O)c4ccccc4)n3)CC2=O)cc1OC. The number of likely N-dealkylation sites (tertiary alicyclic amines) is 1. The van der Waals surface area contributed by atoms with Gasteiger partial charge in [0.05, 0.1) is 20.8 Å². The number of hydrogen-bond acceptors (Lipinski definition) is 7. The molecule has 1 aromatic heterocycles. The summed E-state index contributed by atoms with van der Waals surface area (Å²) in [5, 5.41) is 6.79. The first kappa shape index (κ1) is 22.3. The molecule has 1 aliphatic heterocycles. The fraction of sp³-hybridized carbons (Fsp3) is 0.333. The number of carbonyl (C=O) groups is 2. The zero-order valence-corrected chi connectivity index (χ0v) is 18.6. The number of carbonyl (C=O) groups excluding carboxylic acids is 2. The molecule has 172 valence electrons. The van der Waals surface area contributed by atoms with Gasteiger partial charge in [0.2, 0.25) is 11.8 Å². The Bertz CT molecular complexity index is 1120. The number of amides is 2. The Labute approximate surface area is 191 Å². The van der Waals surface area contributed by atoms with Crippen molar-refractivity contribution in [2.75, 3.05) is 27.3 Å². The molecule has 1 saturated heterocycles. The van der Waals surface area contributed by atoms with Crippen LogP contribution in [0.4, 0.5) is 0 Å². The van der Waals surface area contributed by atoms with Crippen LogP contribution in [0.1, 0.15) is 40.0 Å². The van der Waals surface area contributed by atoms with E-state index in [4.69, 9.17) is 14.0 Å². The van der Waals surface area contributed by atoms with Gasteiger partial charge >= 0.3 is 0 Å². The number of aromatic nitrogens is 2. The van der Waals surface area contributed by atoms with Gasteiger partial charge in [-0.2, -0.15) is 4.98 Å². The van der Waals surface area contributed by atoms with Gasteiger partial charge in [-0.15, -0.1) is 0 Å². The van der Waals surface area contributed by atoms with Gasteiger partial charge in [0, 0.05) is 31.0 Å². The smallest absolute Gasteiger partial charge is 0.251 e. The lowest BCUT2D eigenvalue weighted by Crippen LogP contribution is -2.27. The number of hydrogen-bond donors (Lipinski definition) is 1. The molecule has 1 aliphatic rings. The highest BCUT2D eigenvalue weighted by Gasteiger charge is 2.33. The van der Waals surface area contributed by atoms with E-state index in [0.717, 1.165) is 5.56 Å². The van der Waals surface area contributed by atoms with Gasteiger partial charge in [-0.25, -0.2) is 0 Å². The van der Waals surface area contributed by atoms with Crippen LogP contribution in [-0.4, -0.2) is 54.2 Å². The molecule has 0 spiro atoms. The number of methoxy groups -OCH3 is 2. The number of rotatable bonds is 9. The molecule has 1 fully saturated rings. The summed E-state index contributed by atoms with van der Waals surface area (Å²) in [6, 6.07) is 14.7. The van der Waals surface area contributed by atoms with Crippen molar-refractivity contribution in [3.05, 3.63) is 71.4 Å². The largest absolute Gasteiger partial charge is 0.493 e. The van der Waals surface area contributed by atoms with Crippen molar-refractivity contribution >= 4 is 11.8 Å². The first-order chi connectivity index (χ1) is 16.1. The minimum atomic E-state index is -0.215. The fourth-order valence-electron chi connectivity index (χ4n) is 3.81. The normalized spacial score (nSPS) is 15.5. The molecule has 1 atom stereocenters. The van der Waals surface area contributed by atoms with Gasteiger partial charge in [0.1, 0.15) is 0 Å². The van der Waals surface area contributed by atoms with E-state index in [2.05, 4.69) is 15.5 Å². The number of nitrogens with one attached hydrogen (secondary N) is 1. The standard InChI is InChI=1S/C24H26N4O5/c1-31-19-9-8-16(12-20(19)32-2)10-11-28-15-18(13-22(28)29)23-26-21(33-27-23)14-25-24(30)17-6-4-3-5-7-17/h3-9,12,18H,10-11,13-15H2,1-2H3,(H,25,30). The van der Waals surface area contributed by atoms with E-state index in [1.165, 1.54) is 0 Å². The molecule has 2 heterocycles. The van der Waals surface area contributed by atoms with Crippen LogP contribution < -0.4 is 14.8 Å². The molecule has 0 aliphatic carbocycles. The molecule has 2 amide bonds. The first-order valence-corrected chi connectivity index (χ1v) is 10.7. The molecule has 9 nitrogen and oxygen atoms in total. The lowest BCUT2D eigenvalue weighted by molar-refractivity contribution is -0.127. The van der Waals surface area contributed by atoms with E-state index in [9.17, 15) is 9.59 Å². The van der Waals surface area contributed by atoms with Gasteiger partial charge in [-0.3, -0.25) is 9.59 Å². The van der Waals surface area contributed by atoms with E-state index in [-0.39, 0.29) is 24.3 Å². The van der Waals surface area contributed by atoms with Crippen LogP contribution in [0, 0.1) is 0 Å². The van der Waals surface area contributed by atoms with Crippen LogP contribution in [0.5, 0.6) is 11.5 Å². The second-order valence-electron chi connectivity index (χ2n) is 7.78. The van der Waals surface area contributed by atoms with Crippen LogP contribution in [0.15, 0.2) is 53.1 Å². The van der Waals surface area contributed by atoms with Crippen molar-refractivity contribution in [2.45, 2.75) is 25.3 Å². The predicted octanol–water partition coefficient (Wildman–Crippen LogP) is 2.58. The van der Waals surface area contributed by atoms with Crippen molar-refractivity contribution in [1.82, 2.24) is 20.4 Å². The van der Waals surface area contributed by atoms with E-state index >= 15 is 0 Å². The maximum absolute atomic E-state index is 12.5. The molecule has 0 bridgehead atoms. The Balaban J connectivity index is 1.30. The molecule has 3 aromatic rings. The van der Waals surface area contributed by atoms with Crippen molar-refractivity contribution in [2.24, 2.45) is 0 Å². The van der Waals surface area contributed by atoms with Gasteiger partial charge in [0.25, 0.3) is 5.91 Å². The first-order valence-electron chi connectivity index (χ1n) is 10.7. The molecule has 0 saturated carbocycles. The molecule has 33 heavy (non-hydrogen) atoms. The number of ether oxygens (including phenoxy) is 2. The predicted molar refractivity (Wildman–Crippen MR) is 119 cm³/mol. The van der Waals surface area contributed by atoms with Crippen LogP contribution in [-0.2, 0) is 17.8 Å². The van der Waals surface area contributed by atoms with E-state index in [1.807, 2.05) is 29.2 Å². The molecular weight excluding hydrogens is 424 g/mol. The zero-order valence-electron chi connectivity index (χ0n) is 18.6. The third kappa shape index (κ3) is 5.31. The highest BCUT2D eigenvalue weighted by molar-refractivity contribution is 5.93. The topological polar surface area (TPSA) is 107 Å². The average molecular weight is 450 g/mol. The second-order valence-corrected chi connectivity index (χ2v) is 7.78. The van der Waals surface area contributed by atoms with Gasteiger partial charge in [-0.05, 0) is 36.2 Å². The van der Waals surface area contributed by atoms with Crippen molar-refractivity contribution in [3.63, 3.8) is 0 Å². The average Bonchev–Trinajstić information content (AvgIpc) is 3.48. The molecule has 2 aromatic carbocycles. The summed E-state index contributed by atoms with van der Waals surface area (Å²) in [6.45, 7) is 1.24. The Morgan fingerprint density at radius 3 is 2.70 bits per heavy atom. The van der Waals surface area contributed by atoms with Gasteiger partial charge < -0.3 is 24.2 Å². The summed E-state index contributed by atoms with van der Waals surface area (Å²) in [7, 11) is 3.20. The van der Waals surface area contributed by atoms with Crippen molar-refractivity contribution < 1.29 is 23.6 Å². The Kier molecular flexibility index (Phi) is 6.87. The van der Waals surface area contributed by atoms with Crippen molar-refractivity contribution in [3.8, 4) is 11.5 Å². The Morgan fingerprint density at radius 2 is 1.94 bits per heavy atom. The molecule has 1 N–H and O–H groups in total. The molecule has 1 unspecified atom stereocenters. The van der Waals surface area contributed by atoms with E-state index in [0.29, 0.717) is 54.7 Å². The fourth-order valence-corrected chi connectivity index (χ4v) is 3.81. The highest BCUT2D eigenvalue weighted by Crippen LogP contribution is 2.29. The summed E-state index contributed by atoms with van der Waals surface area (Å²) in [5.74, 6) is 1.85. The summed E-state index contributed by atoms with van der Waals surface area (Å²) < 4.78 is 15.9. The van der Waals surface area contributed by atoms with Gasteiger partial charge in [0.15, 0.2) is 17.3 Å². The summed E-state index contributed by atoms with van der Waals surface area (Å²) in [6.07, 6.45) is 1.03. The minimum Gasteiger partial charge on any atom is -0.493 e. The summed E-state index contributed by atoms with van der Waals surface area (Å²) in [5.41, 5.74) is 1.61. The van der Waals surface area contributed by atoms with Crippen molar-refractivity contribution in [1.29, 1.82) is 0 Å². The minimum absolute atomic E-state index is 0.0595. The summed E-state index contributed by atoms with van der Waals surface area (Å²) in [4.78, 5) is 30.9.